The number of benzene rings is 4. The van der Waals surface area contributed by atoms with Crippen molar-refractivity contribution in [3.05, 3.63) is 108 Å². The zero-order valence-electron chi connectivity index (χ0n) is 33.3. The highest BCUT2D eigenvalue weighted by atomic mass is 32.2. The van der Waals surface area contributed by atoms with Crippen molar-refractivity contribution in [1.29, 1.82) is 0 Å². The molecule has 0 aliphatic heterocycles. The predicted octanol–water partition coefficient (Wildman–Crippen LogP) is 11.0. The van der Waals surface area contributed by atoms with Gasteiger partial charge in [-0.1, -0.05) is 76.6 Å². The molecule has 0 saturated heterocycles. The number of azo groups is 2. The average molecular weight is 815 g/mol. The lowest BCUT2D eigenvalue weighted by Crippen LogP contribution is -2.35. The van der Waals surface area contributed by atoms with Gasteiger partial charge in [-0.05, 0) is 110 Å². The minimum Gasteiger partial charge on any atom is -0.490 e. The summed E-state index contributed by atoms with van der Waals surface area (Å²) in [6.07, 6.45) is 10.9. The van der Waals surface area contributed by atoms with E-state index in [4.69, 9.17) is 18.9 Å². The minimum absolute atomic E-state index is 0.0489. The summed E-state index contributed by atoms with van der Waals surface area (Å²) in [4.78, 5) is 24.9. The maximum Gasteiger partial charge on any atom is 0.327 e. The van der Waals surface area contributed by atoms with Gasteiger partial charge in [0.2, 0.25) is 0 Å². The van der Waals surface area contributed by atoms with Crippen molar-refractivity contribution in [2.75, 3.05) is 26.4 Å². The molecule has 4 aromatic rings. The van der Waals surface area contributed by atoms with E-state index in [-0.39, 0.29) is 26.4 Å². The standard InChI is InChI=1S/C44H54N4O9S/c1-3-5-7-9-11-34-13-17-36(18-14-34)45-47-38-21-25-40(26-22-38)54-29-31-56-43(49)33-42(58(51,52)53)44(50)57-32-30-55-41-27-23-39(24-28-41)48-46-37-19-15-35(16-20-37)12-10-8-6-4-2/h13-28,42H,3-12,29-33H2,1-2H3,(H,51,52,53). The van der Waals surface area contributed by atoms with Gasteiger partial charge in [0.25, 0.3) is 10.1 Å². The quantitative estimate of drug-likeness (QED) is 0.0280. The van der Waals surface area contributed by atoms with E-state index in [0.717, 1.165) is 24.2 Å². The number of hydrogen-bond donors (Lipinski definition) is 1. The van der Waals surface area contributed by atoms with Crippen LogP contribution in [0.25, 0.3) is 0 Å². The van der Waals surface area contributed by atoms with Crippen LogP contribution in [0.2, 0.25) is 0 Å². The highest BCUT2D eigenvalue weighted by molar-refractivity contribution is 7.87. The molecule has 4 rings (SSSR count). The van der Waals surface area contributed by atoms with Crippen LogP contribution in [0.3, 0.4) is 0 Å². The lowest BCUT2D eigenvalue weighted by atomic mass is 10.1. The van der Waals surface area contributed by atoms with Crippen LogP contribution in [0.15, 0.2) is 118 Å². The smallest absolute Gasteiger partial charge is 0.327 e. The number of aryl methyl sites for hydroxylation is 2. The van der Waals surface area contributed by atoms with E-state index < -0.39 is 33.7 Å². The van der Waals surface area contributed by atoms with Crippen LogP contribution in [0.5, 0.6) is 11.5 Å². The average Bonchev–Trinajstić information content (AvgIpc) is 3.23. The second-order valence-electron chi connectivity index (χ2n) is 13.6. The van der Waals surface area contributed by atoms with Gasteiger partial charge in [-0.25, -0.2) is 0 Å². The third-order valence-corrected chi connectivity index (χ3v) is 10.0. The number of carbonyl (C=O) groups excluding carboxylic acids is 2. The van der Waals surface area contributed by atoms with Gasteiger partial charge in [0, 0.05) is 0 Å². The van der Waals surface area contributed by atoms with Gasteiger partial charge >= 0.3 is 11.9 Å². The summed E-state index contributed by atoms with van der Waals surface area (Å²) in [7, 11) is -4.98. The Balaban J connectivity index is 1.11. The molecule has 0 amide bonds. The first kappa shape index (κ1) is 45.2. The highest BCUT2D eigenvalue weighted by Crippen LogP contribution is 2.24. The molecule has 0 radical (unpaired) electrons. The molecular weight excluding hydrogens is 761 g/mol. The highest BCUT2D eigenvalue weighted by Gasteiger charge is 2.35. The third kappa shape index (κ3) is 17.3. The second-order valence-corrected chi connectivity index (χ2v) is 15.2. The lowest BCUT2D eigenvalue weighted by molar-refractivity contribution is -0.150. The summed E-state index contributed by atoms with van der Waals surface area (Å²) in [6, 6.07) is 29.6. The number of rotatable bonds is 26. The molecule has 1 N–H and O–H groups in total. The van der Waals surface area contributed by atoms with E-state index in [2.05, 4.69) is 58.6 Å². The summed E-state index contributed by atoms with van der Waals surface area (Å²) in [6.45, 7) is 3.66. The third-order valence-electron chi connectivity index (χ3n) is 8.93. The van der Waals surface area contributed by atoms with E-state index in [1.54, 1.807) is 48.5 Å². The Hall–Kier alpha value is -5.47. The van der Waals surface area contributed by atoms with Crippen molar-refractivity contribution >= 4 is 44.8 Å². The minimum atomic E-state index is -4.98. The zero-order valence-corrected chi connectivity index (χ0v) is 34.1. The molecule has 14 heteroatoms. The maximum absolute atomic E-state index is 12.5. The van der Waals surface area contributed by atoms with E-state index in [1.165, 1.54) is 62.5 Å². The van der Waals surface area contributed by atoms with Gasteiger partial charge in [-0.3, -0.25) is 14.1 Å². The number of hydrogen-bond acceptors (Lipinski definition) is 12. The molecule has 13 nitrogen and oxygen atoms in total. The SMILES string of the molecule is CCCCCCc1ccc(N=Nc2ccc(OCCOC(=O)CC(C(=O)OCCOc3ccc(N=Nc4ccc(CCCCCC)cc4)cc3)S(=O)(=O)O)cc2)cc1. The monoisotopic (exact) mass is 814 g/mol. The first-order chi connectivity index (χ1) is 28.1. The molecule has 4 aromatic carbocycles. The Morgan fingerprint density at radius 2 is 0.914 bits per heavy atom. The summed E-state index contributed by atoms with van der Waals surface area (Å²) in [5.41, 5.74) is 5.28. The Labute approximate surface area is 341 Å². The molecule has 58 heavy (non-hydrogen) atoms. The van der Waals surface area contributed by atoms with E-state index in [1.807, 2.05) is 24.3 Å². The molecule has 1 atom stereocenters. The van der Waals surface area contributed by atoms with Crippen LogP contribution >= 0.6 is 0 Å². The molecule has 0 fully saturated rings. The number of nitrogens with zero attached hydrogens (tertiary/aromatic N) is 4. The Morgan fingerprint density at radius 1 is 0.534 bits per heavy atom. The molecule has 0 aromatic heterocycles. The van der Waals surface area contributed by atoms with Crippen molar-refractivity contribution in [3.63, 3.8) is 0 Å². The van der Waals surface area contributed by atoms with Gasteiger partial charge in [-0.2, -0.15) is 28.9 Å². The molecule has 0 saturated carbocycles. The fourth-order valence-electron chi connectivity index (χ4n) is 5.65. The normalized spacial score (nSPS) is 12.1. The first-order valence-corrected chi connectivity index (χ1v) is 21.4. The zero-order chi connectivity index (χ0) is 41.4. The molecule has 0 aliphatic rings. The number of ether oxygens (including phenoxy) is 4. The van der Waals surface area contributed by atoms with Crippen molar-refractivity contribution in [2.24, 2.45) is 20.5 Å². The lowest BCUT2D eigenvalue weighted by Gasteiger charge is -2.14. The van der Waals surface area contributed by atoms with Crippen LogP contribution in [0.1, 0.15) is 82.8 Å². The Bertz CT molecular complexity index is 1990. The summed E-state index contributed by atoms with van der Waals surface area (Å²) in [5.74, 6) is -1.42. The summed E-state index contributed by atoms with van der Waals surface area (Å²) in [5, 5.41) is 14.9. The van der Waals surface area contributed by atoms with Gasteiger partial charge in [0.15, 0.2) is 5.25 Å². The van der Waals surface area contributed by atoms with Crippen LogP contribution in [-0.4, -0.2) is 56.6 Å². The maximum atomic E-state index is 12.5. The fraction of sp³-hybridized carbons (Fsp3) is 0.409. The molecule has 1 unspecified atom stereocenters. The predicted molar refractivity (Wildman–Crippen MR) is 223 cm³/mol. The van der Waals surface area contributed by atoms with Gasteiger partial charge in [0.1, 0.15) is 37.9 Å². The van der Waals surface area contributed by atoms with Gasteiger partial charge in [0.05, 0.1) is 29.2 Å². The van der Waals surface area contributed by atoms with Gasteiger partial charge in [-0.15, -0.1) is 0 Å². The van der Waals surface area contributed by atoms with Crippen molar-refractivity contribution in [3.8, 4) is 11.5 Å². The number of unbranched alkanes of at least 4 members (excludes halogenated alkanes) is 6. The number of esters is 2. The topological polar surface area (TPSA) is 175 Å². The van der Waals surface area contributed by atoms with Crippen molar-refractivity contribution < 1.29 is 41.5 Å². The largest absolute Gasteiger partial charge is 0.490 e. The first-order valence-electron chi connectivity index (χ1n) is 19.9. The van der Waals surface area contributed by atoms with E-state index in [9.17, 15) is 22.6 Å². The fourth-order valence-corrected chi connectivity index (χ4v) is 6.31. The van der Waals surface area contributed by atoms with Crippen LogP contribution in [-0.2, 0) is 42.0 Å². The molecule has 0 aliphatic carbocycles. The van der Waals surface area contributed by atoms with Gasteiger partial charge < -0.3 is 18.9 Å². The summed E-state index contributed by atoms with van der Waals surface area (Å²) >= 11 is 0. The second kappa shape index (κ2) is 25.0. The van der Waals surface area contributed by atoms with E-state index >= 15 is 0 Å². The Kier molecular flexibility index (Phi) is 19.5. The molecular formula is C44H54N4O9S. The van der Waals surface area contributed by atoms with Crippen LogP contribution in [0, 0.1) is 0 Å². The molecule has 310 valence electrons. The van der Waals surface area contributed by atoms with E-state index in [0.29, 0.717) is 22.9 Å². The van der Waals surface area contributed by atoms with Crippen molar-refractivity contribution in [1.82, 2.24) is 0 Å². The van der Waals surface area contributed by atoms with Crippen molar-refractivity contribution in [2.45, 2.75) is 89.7 Å². The molecule has 0 bridgehead atoms. The van der Waals surface area contributed by atoms with Crippen LogP contribution in [0.4, 0.5) is 22.7 Å². The van der Waals surface area contributed by atoms with Crippen LogP contribution < -0.4 is 9.47 Å². The Morgan fingerprint density at radius 3 is 1.29 bits per heavy atom. The summed E-state index contributed by atoms with van der Waals surface area (Å²) < 4.78 is 54.6. The number of carbonyl (C=O) groups is 2. The molecule has 0 spiro atoms. The molecule has 0 heterocycles.